The van der Waals surface area contributed by atoms with Crippen molar-refractivity contribution in [3.05, 3.63) is 89.6 Å². The van der Waals surface area contributed by atoms with Gasteiger partial charge in [0.1, 0.15) is 0 Å². The largest absolute Gasteiger partial charge is 0.348 e. The van der Waals surface area contributed by atoms with Gasteiger partial charge in [0.15, 0.2) is 0 Å². The van der Waals surface area contributed by atoms with Crippen LogP contribution >= 0.6 is 0 Å². The first kappa shape index (κ1) is 24.1. The molecule has 1 aromatic heterocycles. The minimum absolute atomic E-state index is 0.253. The third-order valence-electron chi connectivity index (χ3n) is 8.57. The van der Waals surface area contributed by atoms with Crippen molar-refractivity contribution in [2.75, 3.05) is 0 Å². The first-order chi connectivity index (χ1) is 18.1. The maximum Gasteiger partial charge on any atom is 0.245 e. The van der Waals surface area contributed by atoms with Crippen LogP contribution in [-0.2, 0) is 6.54 Å². The van der Waals surface area contributed by atoms with Crippen LogP contribution < -0.4 is 16.4 Å². The Hall–Kier alpha value is -3.26. The van der Waals surface area contributed by atoms with E-state index in [-0.39, 0.29) is 6.71 Å². The summed E-state index contributed by atoms with van der Waals surface area (Å²) in [6.45, 7) is 10.5. The number of rotatable bonds is 8. The molecule has 0 atom stereocenters. The Labute approximate surface area is 222 Å². The van der Waals surface area contributed by atoms with Crippen molar-refractivity contribution in [3.8, 4) is 11.1 Å². The first-order valence-electron chi connectivity index (χ1n) is 14.3. The van der Waals surface area contributed by atoms with Gasteiger partial charge < -0.3 is 4.57 Å². The lowest BCUT2D eigenvalue weighted by Crippen LogP contribution is -2.56. The van der Waals surface area contributed by atoms with Crippen molar-refractivity contribution >= 4 is 44.8 Å². The lowest BCUT2D eigenvalue weighted by molar-refractivity contribution is 0.566. The Morgan fingerprint density at radius 1 is 0.730 bits per heavy atom. The Kier molecular flexibility index (Phi) is 6.45. The number of fused-ring (bicyclic) bond motifs is 4. The van der Waals surface area contributed by atoms with Crippen molar-refractivity contribution in [3.63, 3.8) is 0 Å². The van der Waals surface area contributed by atoms with Gasteiger partial charge in [-0.15, -0.1) is 0 Å². The van der Waals surface area contributed by atoms with Gasteiger partial charge in [0, 0.05) is 23.6 Å². The Bertz CT molecular complexity index is 1580. The summed E-state index contributed by atoms with van der Waals surface area (Å²) in [7, 11) is 0. The Morgan fingerprint density at radius 2 is 1.49 bits per heavy atom. The fourth-order valence-corrected chi connectivity index (χ4v) is 7.01. The molecule has 0 saturated carbocycles. The van der Waals surface area contributed by atoms with Crippen molar-refractivity contribution < 1.29 is 0 Å². The quantitative estimate of drug-likeness (QED) is 0.155. The molecule has 2 heterocycles. The van der Waals surface area contributed by atoms with E-state index in [1.807, 2.05) is 0 Å². The Balaban J connectivity index is 1.56. The molecule has 1 aliphatic heterocycles. The normalized spacial score (nSPS) is 12.5. The van der Waals surface area contributed by atoms with E-state index < -0.39 is 0 Å². The topological polar surface area (TPSA) is 4.93 Å². The lowest BCUT2D eigenvalue weighted by Gasteiger charge is -2.28. The molecule has 0 bridgehead atoms. The lowest BCUT2D eigenvalue weighted by atomic mass is 9.33. The van der Waals surface area contributed by atoms with Gasteiger partial charge in [-0.3, -0.25) is 0 Å². The van der Waals surface area contributed by atoms with Crippen molar-refractivity contribution in [1.82, 2.24) is 4.57 Å². The van der Waals surface area contributed by atoms with Gasteiger partial charge in [0.25, 0.3) is 0 Å². The average Bonchev–Trinajstić information content (AvgIpc) is 3.26. The number of benzene rings is 4. The minimum atomic E-state index is 0.253. The molecule has 0 spiro atoms. The second-order valence-corrected chi connectivity index (χ2v) is 11.2. The maximum absolute atomic E-state index is 2.56. The summed E-state index contributed by atoms with van der Waals surface area (Å²) in [6, 6.07) is 25.4. The predicted octanol–water partition coefficient (Wildman–Crippen LogP) is 7.58. The molecule has 0 radical (unpaired) electrons. The zero-order valence-corrected chi connectivity index (χ0v) is 22.9. The average molecular weight is 484 g/mol. The molecule has 0 amide bonds. The fraction of sp³-hybridized carbons (Fsp3) is 0.314. The molecular formula is C35H38BN. The molecule has 0 N–H and O–H groups in total. The summed E-state index contributed by atoms with van der Waals surface area (Å²) in [4.78, 5) is 0. The van der Waals surface area contributed by atoms with Crippen molar-refractivity contribution in [1.29, 1.82) is 0 Å². The molecule has 0 fully saturated rings. The third-order valence-corrected chi connectivity index (χ3v) is 8.57. The van der Waals surface area contributed by atoms with E-state index in [2.05, 4.69) is 105 Å². The maximum atomic E-state index is 2.56. The second-order valence-electron chi connectivity index (χ2n) is 11.2. The Morgan fingerprint density at radius 3 is 2.30 bits per heavy atom. The fourth-order valence-electron chi connectivity index (χ4n) is 7.01. The SMILES string of the molecule is CCCCCCCCn1cc2c3c(cccc31)-c1c(ccc3ccccc13)B2c1c(C)cc(C)cc1C. The van der Waals surface area contributed by atoms with E-state index in [9.17, 15) is 0 Å². The standard InChI is InChI=1S/C35H38BN/c1-5-6-7-8-9-12-20-37-23-31-34-29(16-13-17-32(34)37)33-28-15-11-10-14-27(28)18-19-30(33)36(31)35-25(3)21-24(2)22-26(35)4/h10-11,13-19,21-23H,5-9,12,20H2,1-4H3. The number of aromatic nitrogens is 1. The van der Waals surface area contributed by atoms with E-state index in [0.717, 1.165) is 6.54 Å². The summed E-state index contributed by atoms with van der Waals surface area (Å²) >= 11 is 0. The molecule has 4 aromatic carbocycles. The molecule has 1 nitrogen and oxygen atoms in total. The van der Waals surface area contributed by atoms with E-state index in [0.29, 0.717) is 0 Å². The highest BCUT2D eigenvalue weighted by Gasteiger charge is 2.35. The van der Waals surface area contributed by atoms with E-state index in [1.54, 1.807) is 0 Å². The zero-order chi connectivity index (χ0) is 25.5. The molecule has 186 valence electrons. The highest BCUT2D eigenvalue weighted by atomic mass is 15.0. The van der Waals surface area contributed by atoms with Gasteiger partial charge in [-0.2, -0.15) is 0 Å². The van der Waals surface area contributed by atoms with Gasteiger partial charge in [0.05, 0.1) is 0 Å². The summed E-state index contributed by atoms with van der Waals surface area (Å²) in [5.74, 6) is 0. The summed E-state index contributed by atoms with van der Waals surface area (Å²) in [5.41, 5.74) is 12.8. The van der Waals surface area contributed by atoms with Crippen LogP contribution in [0.2, 0.25) is 0 Å². The first-order valence-corrected chi connectivity index (χ1v) is 14.3. The number of hydrogen-bond donors (Lipinski definition) is 0. The second kappa shape index (κ2) is 9.90. The molecule has 0 saturated heterocycles. The van der Waals surface area contributed by atoms with Crippen LogP contribution in [0.1, 0.15) is 62.1 Å². The minimum Gasteiger partial charge on any atom is -0.348 e. The molecule has 5 aromatic rings. The smallest absolute Gasteiger partial charge is 0.245 e. The molecular weight excluding hydrogens is 445 g/mol. The van der Waals surface area contributed by atoms with Crippen LogP contribution in [-0.4, -0.2) is 11.3 Å². The van der Waals surface area contributed by atoms with Gasteiger partial charge in [-0.05, 0) is 60.6 Å². The van der Waals surface area contributed by atoms with Crippen molar-refractivity contribution in [2.45, 2.75) is 72.8 Å². The third kappa shape index (κ3) is 4.11. The van der Waals surface area contributed by atoms with Crippen LogP contribution in [0.15, 0.2) is 72.9 Å². The van der Waals surface area contributed by atoms with Gasteiger partial charge in [-0.25, -0.2) is 0 Å². The predicted molar refractivity (Wildman–Crippen MR) is 164 cm³/mol. The highest BCUT2D eigenvalue weighted by molar-refractivity contribution is 6.99. The number of aryl methyl sites for hydroxylation is 4. The van der Waals surface area contributed by atoms with Gasteiger partial charge in [0.2, 0.25) is 6.71 Å². The molecule has 0 aliphatic carbocycles. The molecule has 2 heteroatoms. The number of hydrogen-bond acceptors (Lipinski definition) is 0. The van der Waals surface area contributed by atoms with Crippen molar-refractivity contribution in [2.24, 2.45) is 0 Å². The monoisotopic (exact) mass is 483 g/mol. The van der Waals surface area contributed by atoms with Crippen LogP contribution in [0.3, 0.4) is 0 Å². The van der Waals surface area contributed by atoms with E-state index in [4.69, 9.17) is 0 Å². The van der Waals surface area contributed by atoms with Crippen LogP contribution in [0.25, 0.3) is 32.8 Å². The molecule has 37 heavy (non-hydrogen) atoms. The zero-order valence-electron chi connectivity index (χ0n) is 22.9. The van der Waals surface area contributed by atoms with Gasteiger partial charge >= 0.3 is 0 Å². The van der Waals surface area contributed by atoms with Crippen LogP contribution in [0, 0.1) is 20.8 Å². The highest BCUT2D eigenvalue weighted by Crippen LogP contribution is 2.36. The molecule has 1 aliphatic rings. The molecule has 6 rings (SSSR count). The van der Waals surface area contributed by atoms with Gasteiger partial charge in [-0.1, -0.05) is 127 Å². The van der Waals surface area contributed by atoms with Crippen LogP contribution in [0.5, 0.6) is 0 Å². The number of unbranched alkanes of at least 4 members (excludes halogenated alkanes) is 5. The van der Waals surface area contributed by atoms with E-state index in [1.165, 1.54) is 104 Å². The number of nitrogens with zero attached hydrogens (tertiary/aromatic N) is 1. The summed E-state index contributed by atoms with van der Waals surface area (Å²) in [5, 5.41) is 4.15. The van der Waals surface area contributed by atoms with Crippen LogP contribution in [0.4, 0.5) is 0 Å². The molecule has 0 unspecified atom stereocenters. The summed E-state index contributed by atoms with van der Waals surface area (Å²) in [6.07, 6.45) is 10.5. The summed E-state index contributed by atoms with van der Waals surface area (Å²) < 4.78 is 2.56. The van der Waals surface area contributed by atoms with E-state index >= 15 is 0 Å².